The number of anilines is 2. The number of rotatable bonds is 5. The van der Waals surface area contributed by atoms with E-state index in [1.54, 1.807) is 48.7 Å². The molecule has 0 saturated carbocycles. The van der Waals surface area contributed by atoms with Gasteiger partial charge in [0.05, 0.1) is 21.8 Å². The molecule has 3 amide bonds. The maximum Gasteiger partial charge on any atom is 0.266 e. The average Bonchev–Trinajstić information content (AvgIpc) is 2.98. The third-order valence-electron chi connectivity index (χ3n) is 4.75. The molecule has 1 aliphatic heterocycles. The monoisotopic (exact) mass is 421 g/mol. The molecule has 0 atom stereocenters. The standard InChI is InChI=1S/C22H16ClN3O4/c23-17-13-14(24-19(27)10-12-25-11-4-3-7-20(25)28)8-9-18(17)26-21(29)15-5-1-2-6-16(15)22(26)30/h1-9,11,13H,10,12H2,(H,24,27). The number of pyridine rings is 1. The fraction of sp³-hybridized carbons (Fsp3) is 0.0909. The number of nitrogens with zero attached hydrogens (tertiary/aromatic N) is 2. The molecule has 4 rings (SSSR count). The Labute approximate surface area is 176 Å². The van der Waals surface area contributed by atoms with Crippen LogP contribution in [0, 0.1) is 0 Å². The minimum atomic E-state index is -0.442. The van der Waals surface area contributed by atoms with Crippen molar-refractivity contribution in [1.82, 2.24) is 4.57 Å². The quantitative estimate of drug-likeness (QED) is 0.640. The van der Waals surface area contributed by atoms with Crippen LogP contribution in [0.3, 0.4) is 0 Å². The highest BCUT2D eigenvalue weighted by molar-refractivity contribution is 6.40. The van der Waals surface area contributed by atoms with Gasteiger partial charge in [-0.3, -0.25) is 19.2 Å². The second-order valence-corrected chi connectivity index (χ2v) is 7.10. The first-order valence-electron chi connectivity index (χ1n) is 9.18. The molecule has 0 saturated heterocycles. The zero-order valence-corrected chi connectivity index (χ0v) is 16.4. The predicted molar refractivity (Wildman–Crippen MR) is 113 cm³/mol. The average molecular weight is 422 g/mol. The third kappa shape index (κ3) is 3.62. The lowest BCUT2D eigenvalue weighted by molar-refractivity contribution is -0.116. The smallest absolute Gasteiger partial charge is 0.266 e. The highest BCUT2D eigenvalue weighted by Crippen LogP contribution is 2.34. The molecule has 2 heterocycles. The summed E-state index contributed by atoms with van der Waals surface area (Å²) in [5.74, 6) is -1.18. The Morgan fingerprint density at radius 3 is 2.20 bits per heavy atom. The van der Waals surface area contributed by atoms with Crippen LogP contribution in [-0.4, -0.2) is 22.3 Å². The zero-order valence-electron chi connectivity index (χ0n) is 15.7. The number of hydrogen-bond acceptors (Lipinski definition) is 4. The van der Waals surface area contributed by atoms with Crippen molar-refractivity contribution < 1.29 is 14.4 Å². The summed E-state index contributed by atoms with van der Waals surface area (Å²) in [6.45, 7) is 0.242. The van der Waals surface area contributed by atoms with Crippen molar-refractivity contribution in [2.24, 2.45) is 0 Å². The Hall–Kier alpha value is -3.71. The molecule has 150 valence electrons. The third-order valence-corrected chi connectivity index (χ3v) is 5.05. The molecular weight excluding hydrogens is 406 g/mol. The molecule has 0 aliphatic carbocycles. The van der Waals surface area contributed by atoms with Crippen molar-refractivity contribution in [2.75, 3.05) is 10.2 Å². The Morgan fingerprint density at radius 1 is 0.900 bits per heavy atom. The number of halogens is 1. The minimum absolute atomic E-state index is 0.0989. The van der Waals surface area contributed by atoms with Crippen molar-refractivity contribution in [3.05, 3.63) is 93.4 Å². The van der Waals surface area contributed by atoms with E-state index in [1.807, 2.05) is 0 Å². The van der Waals surface area contributed by atoms with Crippen LogP contribution in [0.15, 0.2) is 71.7 Å². The molecule has 2 aromatic carbocycles. The van der Waals surface area contributed by atoms with E-state index < -0.39 is 11.8 Å². The second-order valence-electron chi connectivity index (χ2n) is 6.69. The highest BCUT2D eigenvalue weighted by Gasteiger charge is 2.37. The molecule has 7 nitrogen and oxygen atoms in total. The molecule has 0 radical (unpaired) electrons. The maximum atomic E-state index is 12.6. The first-order chi connectivity index (χ1) is 14.5. The fourth-order valence-corrected chi connectivity index (χ4v) is 3.53. The molecule has 1 aliphatic rings. The van der Waals surface area contributed by atoms with E-state index in [4.69, 9.17) is 11.6 Å². The minimum Gasteiger partial charge on any atom is -0.326 e. The van der Waals surface area contributed by atoms with E-state index in [9.17, 15) is 19.2 Å². The number of carbonyl (C=O) groups is 3. The van der Waals surface area contributed by atoms with Crippen LogP contribution >= 0.6 is 11.6 Å². The molecule has 0 spiro atoms. The van der Waals surface area contributed by atoms with E-state index in [2.05, 4.69) is 5.32 Å². The summed E-state index contributed by atoms with van der Waals surface area (Å²) in [7, 11) is 0. The molecule has 8 heteroatoms. The Bertz CT molecular complexity index is 1200. The summed E-state index contributed by atoms with van der Waals surface area (Å²) in [6, 6.07) is 15.9. The summed E-state index contributed by atoms with van der Waals surface area (Å²) in [5, 5.41) is 2.86. The summed E-state index contributed by atoms with van der Waals surface area (Å²) < 4.78 is 1.44. The SMILES string of the molecule is O=C(CCn1ccccc1=O)Nc1ccc(N2C(=O)c3ccccc3C2=O)c(Cl)c1. The lowest BCUT2D eigenvalue weighted by Gasteiger charge is -2.16. The van der Waals surface area contributed by atoms with Gasteiger partial charge in [0.25, 0.3) is 17.4 Å². The van der Waals surface area contributed by atoms with Crippen molar-refractivity contribution in [3.63, 3.8) is 0 Å². The number of hydrogen-bond donors (Lipinski definition) is 1. The molecule has 0 bridgehead atoms. The van der Waals surface area contributed by atoms with Gasteiger partial charge in [0, 0.05) is 30.9 Å². The molecule has 1 aromatic heterocycles. The van der Waals surface area contributed by atoms with Gasteiger partial charge in [-0.2, -0.15) is 0 Å². The van der Waals surface area contributed by atoms with Gasteiger partial charge in [-0.15, -0.1) is 0 Å². The van der Waals surface area contributed by atoms with Gasteiger partial charge in [-0.1, -0.05) is 29.8 Å². The van der Waals surface area contributed by atoms with Crippen LogP contribution in [0.4, 0.5) is 11.4 Å². The number of fused-ring (bicyclic) bond motifs is 1. The van der Waals surface area contributed by atoms with Gasteiger partial charge in [-0.05, 0) is 36.4 Å². The molecular formula is C22H16ClN3O4. The van der Waals surface area contributed by atoms with E-state index in [1.165, 1.54) is 22.8 Å². The van der Waals surface area contributed by atoms with E-state index in [-0.39, 0.29) is 35.1 Å². The molecule has 1 N–H and O–H groups in total. The zero-order chi connectivity index (χ0) is 21.3. The van der Waals surface area contributed by atoms with Gasteiger partial charge in [-0.25, -0.2) is 4.90 Å². The van der Waals surface area contributed by atoms with Crippen LogP contribution in [0.1, 0.15) is 27.1 Å². The largest absolute Gasteiger partial charge is 0.326 e. The maximum absolute atomic E-state index is 12.6. The number of amides is 3. The highest BCUT2D eigenvalue weighted by atomic mass is 35.5. The van der Waals surface area contributed by atoms with E-state index >= 15 is 0 Å². The lowest BCUT2D eigenvalue weighted by Crippen LogP contribution is -2.29. The summed E-state index contributed by atoms with van der Waals surface area (Å²) in [5.41, 5.74) is 1.14. The van der Waals surface area contributed by atoms with Crippen LogP contribution in [0.2, 0.25) is 5.02 Å². The first kappa shape index (κ1) is 19.6. The van der Waals surface area contributed by atoms with Crippen LogP contribution in [-0.2, 0) is 11.3 Å². The van der Waals surface area contributed by atoms with Gasteiger partial charge < -0.3 is 9.88 Å². The summed E-state index contributed by atoms with van der Waals surface area (Å²) in [4.78, 5) is 50.2. The second kappa shape index (κ2) is 7.96. The van der Waals surface area contributed by atoms with Crippen LogP contribution in [0.5, 0.6) is 0 Å². The van der Waals surface area contributed by atoms with Gasteiger partial charge in [0.15, 0.2) is 0 Å². The Kier molecular flexibility index (Phi) is 5.20. The molecule has 0 unspecified atom stereocenters. The normalized spacial score (nSPS) is 12.8. The van der Waals surface area contributed by atoms with Crippen molar-refractivity contribution >= 4 is 40.7 Å². The van der Waals surface area contributed by atoms with E-state index in [0.717, 1.165) is 4.90 Å². The lowest BCUT2D eigenvalue weighted by atomic mass is 10.1. The van der Waals surface area contributed by atoms with Gasteiger partial charge in [0.2, 0.25) is 5.91 Å². The molecule has 3 aromatic rings. The fourth-order valence-electron chi connectivity index (χ4n) is 3.26. The summed E-state index contributed by atoms with van der Waals surface area (Å²) in [6.07, 6.45) is 1.71. The number of imide groups is 1. The number of benzene rings is 2. The Balaban J connectivity index is 1.47. The number of nitrogens with one attached hydrogen (secondary N) is 1. The van der Waals surface area contributed by atoms with Gasteiger partial charge >= 0.3 is 0 Å². The van der Waals surface area contributed by atoms with Gasteiger partial charge in [0.1, 0.15) is 0 Å². The van der Waals surface area contributed by atoms with Crippen molar-refractivity contribution in [2.45, 2.75) is 13.0 Å². The Morgan fingerprint density at radius 2 is 1.57 bits per heavy atom. The molecule has 30 heavy (non-hydrogen) atoms. The predicted octanol–water partition coefficient (Wildman–Crippen LogP) is 3.33. The van der Waals surface area contributed by atoms with E-state index in [0.29, 0.717) is 16.8 Å². The number of carbonyl (C=O) groups excluding carboxylic acids is 3. The van der Waals surface area contributed by atoms with Crippen molar-refractivity contribution in [3.8, 4) is 0 Å². The number of aromatic nitrogens is 1. The molecule has 0 fully saturated rings. The summed E-state index contributed by atoms with van der Waals surface area (Å²) >= 11 is 6.32. The number of aryl methyl sites for hydroxylation is 1. The van der Waals surface area contributed by atoms with Crippen LogP contribution < -0.4 is 15.8 Å². The topological polar surface area (TPSA) is 88.5 Å². The van der Waals surface area contributed by atoms with Crippen molar-refractivity contribution in [1.29, 1.82) is 0 Å². The van der Waals surface area contributed by atoms with Crippen LogP contribution in [0.25, 0.3) is 0 Å². The first-order valence-corrected chi connectivity index (χ1v) is 9.56.